The number of aromatic nitrogens is 2. The lowest BCUT2D eigenvalue weighted by atomic mass is 10.6. The highest BCUT2D eigenvalue weighted by molar-refractivity contribution is 6.29. The molecule has 0 aliphatic heterocycles. The van der Waals surface area contributed by atoms with Crippen molar-refractivity contribution in [3.8, 4) is 0 Å². The molecule has 0 aliphatic carbocycles. The number of likely N-dealkylation sites (N-methyl/N-ethyl adjacent to an activating group) is 1. The zero-order valence-electron chi connectivity index (χ0n) is 6.79. The van der Waals surface area contributed by atoms with Gasteiger partial charge in [-0.1, -0.05) is 11.6 Å². The van der Waals surface area contributed by atoms with Crippen molar-refractivity contribution in [2.75, 3.05) is 20.6 Å². The molecule has 0 amide bonds. The van der Waals surface area contributed by atoms with Crippen LogP contribution in [0, 0.1) is 0 Å². The van der Waals surface area contributed by atoms with Crippen molar-refractivity contribution in [2.45, 2.75) is 6.54 Å². The summed E-state index contributed by atoms with van der Waals surface area (Å²) in [4.78, 5) is 2.10. The first-order chi connectivity index (χ1) is 5.20. The van der Waals surface area contributed by atoms with E-state index in [1.54, 1.807) is 16.9 Å². The molecule has 1 heterocycles. The Labute approximate surface area is 71.6 Å². The summed E-state index contributed by atoms with van der Waals surface area (Å²) in [6.07, 6.45) is 1.71. The Balaban J connectivity index is 2.44. The average molecular weight is 174 g/mol. The van der Waals surface area contributed by atoms with Gasteiger partial charge in [0.05, 0.1) is 12.7 Å². The van der Waals surface area contributed by atoms with Crippen LogP contribution in [0.5, 0.6) is 0 Å². The molecule has 0 radical (unpaired) electrons. The van der Waals surface area contributed by atoms with Gasteiger partial charge < -0.3 is 4.90 Å². The predicted octanol–water partition coefficient (Wildman–Crippen LogP) is 1.10. The van der Waals surface area contributed by atoms with Crippen LogP contribution in [0.3, 0.4) is 0 Å². The Hall–Kier alpha value is -0.540. The maximum Gasteiger partial charge on any atom is 0.127 e. The number of rotatable bonds is 3. The summed E-state index contributed by atoms with van der Waals surface area (Å²) < 4.78 is 1.78. The first-order valence-electron chi connectivity index (χ1n) is 3.52. The average Bonchev–Trinajstić information content (AvgIpc) is 2.31. The Kier molecular flexibility index (Phi) is 2.91. The third kappa shape index (κ3) is 2.52. The summed E-state index contributed by atoms with van der Waals surface area (Å²) in [7, 11) is 4.05. The molecule has 0 atom stereocenters. The summed E-state index contributed by atoms with van der Waals surface area (Å²) in [5.41, 5.74) is 0. The van der Waals surface area contributed by atoms with E-state index in [0.717, 1.165) is 13.1 Å². The fraction of sp³-hybridized carbons (Fsp3) is 0.571. The van der Waals surface area contributed by atoms with Gasteiger partial charge in [-0.2, -0.15) is 5.10 Å². The summed E-state index contributed by atoms with van der Waals surface area (Å²) in [5.74, 6) is 0. The fourth-order valence-corrected chi connectivity index (χ4v) is 0.960. The molecule has 62 valence electrons. The van der Waals surface area contributed by atoms with E-state index in [2.05, 4.69) is 10.00 Å². The van der Waals surface area contributed by atoms with Gasteiger partial charge in [-0.15, -0.1) is 0 Å². The summed E-state index contributed by atoms with van der Waals surface area (Å²) in [6.45, 7) is 1.81. The van der Waals surface area contributed by atoms with Crippen LogP contribution in [0.15, 0.2) is 12.3 Å². The van der Waals surface area contributed by atoms with Crippen molar-refractivity contribution in [3.63, 3.8) is 0 Å². The van der Waals surface area contributed by atoms with Crippen LogP contribution >= 0.6 is 11.6 Å². The van der Waals surface area contributed by atoms with E-state index in [0.29, 0.717) is 5.15 Å². The van der Waals surface area contributed by atoms with Gasteiger partial charge in [0.25, 0.3) is 0 Å². The van der Waals surface area contributed by atoms with Gasteiger partial charge in [-0.3, -0.25) is 4.68 Å². The quantitative estimate of drug-likeness (QED) is 0.683. The lowest BCUT2D eigenvalue weighted by Gasteiger charge is -2.09. The SMILES string of the molecule is CN(C)CCn1nccc1Cl. The molecule has 0 saturated carbocycles. The molecule has 0 aromatic carbocycles. The highest BCUT2D eigenvalue weighted by Crippen LogP contribution is 2.05. The van der Waals surface area contributed by atoms with Gasteiger partial charge >= 0.3 is 0 Å². The smallest absolute Gasteiger partial charge is 0.127 e. The van der Waals surface area contributed by atoms with Gasteiger partial charge in [-0.25, -0.2) is 0 Å². The second-order valence-electron chi connectivity index (χ2n) is 2.68. The minimum absolute atomic E-state index is 0.701. The molecule has 4 heteroatoms. The van der Waals surface area contributed by atoms with Gasteiger partial charge in [-0.05, 0) is 20.2 Å². The van der Waals surface area contributed by atoms with Crippen LogP contribution < -0.4 is 0 Å². The molecule has 11 heavy (non-hydrogen) atoms. The molecule has 1 rings (SSSR count). The van der Waals surface area contributed by atoms with Crippen molar-refractivity contribution in [2.24, 2.45) is 0 Å². The second-order valence-corrected chi connectivity index (χ2v) is 3.07. The molecule has 0 unspecified atom stereocenters. The van der Waals surface area contributed by atoms with E-state index >= 15 is 0 Å². The zero-order chi connectivity index (χ0) is 8.27. The molecule has 0 aliphatic rings. The van der Waals surface area contributed by atoms with Crippen molar-refractivity contribution < 1.29 is 0 Å². The lowest BCUT2D eigenvalue weighted by Crippen LogP contribution is -2.18. The fourth-order valence-electron chi connectivity index (χ4n) is 0.776. The molecule has 0 N–H and O–H groups in total. The first-order valence-corrected chi connectivity index (χ1v) is 3.90. The number of hydrogen-bond donors (Lipinski definition) is 0. The molecule has 0 bridgehead atoms. The largest absolute Gasteiger partial charge is 0.308 e. The zero-order valence-corrected chi connectivity index (χ0v) is 7.54. The van der Waals surface area contributed by atoms with E-state index in [9.17, 15) is 0 Å². The van der Waals surface area contributed by atoms with E-state index in [1.807, 2.05) is 14.1 Å². The first kappa shape index (κ1) is 8.56. The summed E-state index contributed by atoms with van der Waals surface area (Å²) in [6, 6.07) is 1.79. The Bertz CT molecular complexity index is 219. The monoisotopic (exact) mass is 173 g/mol. The van der Waals surface area contributed by atoms with E-state index in [-0.39, 0.29) is 0 Å². The van der Waals surface area contributed by atoms with Crippen LogP contribution in [0.4, 0.5) is 0 Å². The molecule has 3 nitrogen and oxygen atoms in total. The standard InChI is InChI=1S/C7H12ClN3/c1-10(2)5-6-11-7(8)3-4-9-11/h3-4H,5-6H2,1-2H3. The Morgan fingerprint density at radius 2 is 2.36 bits per heavy atom. The van der Waals surface area contributed by atoms with Crippen LogP contribution in [0.25, 0.3) is 0 Å². The Morgan fingerprint density at radius 1 is 1.64 bits per heavy atom. The predicted molar refractivity (Wildman–Crippen MR) is 45.8 cm³/mol. The molecular weight excluding hydrogens is 162 g/mol. The van der Waals surface area contributed by atoms with Gasteiger partial charge in [0.2, 0.25) is 0 Å². The Morgan fingerprint density at radius 3 is 2.82 bits per heavy atom. The van der Waals surface area contributed by atoms with Crippen LogP contribution in [-0.2, 0) is 6.54 Å². The number of nitrogens with zero attached hydrogens (tertiary/aromatic N) is 3. The second kappa shape index (κ2) is 3.74. The van der Waals surface area contributed by atoms with E-state index in [4.69, 9.17) is 11.6 Å². The third-order valence-corrected chi connectivity index (χ3v) is 1.74. The third-order valence-electron chi connectivity index (χ3n) is 1.42. The molecular formula is C7H12ClN3. The molecule has 1 aromatic heterocycles. The normalized spacial score (nSPS) is 10.9. The topological polar surface area (TPSA) is 21.1 Å². The van der Waals surface area contributed by atoms with Crippen LogP contribution in [0.2, 0.25) is 5.15 Å². The summed E-state index contributed by atoms with van der Waals surface area (Å²) in [5, 5.41) is 4.75. The minimum atomic E-state index is 0.701. The molecule has 0 saturated heterocycles. The maximum absolute atomic E-state index is 5.81. The summed E-state index contributed by atoms with van der Waals surface area (Å²) >= 11 is 5.81. The van der Waals surface area contributed by atoms with E-state index in [1.165, 1.54) is 0 Å². The molecule has 1 aromatic rings. The van der Waals surface area contributed by atoms with E-state index < -0.39 is 0 Å². The number of halogens is 1. The minimum Gasteiger partial charge on any atom is -0.308 e. The van der Waals surface area contributed by atoms with Crippen molar-refractivity contribution in [1.29, 1.82) is 0 Å². The highest BCUT2D eigenvalue weighted by Gasteiger charge is 1.97. The van der Waals surface area contributed by atoms with Gasteiger partial charge in [0.1, 0.15) is 5.15 Å². The van der Waals surface area contributed by atoms with Crippen molar-refractivity contribution in [3.05, 3.63) is 17.4 Å². The lowest BCUT2D eigenvalue weighted by molar-refractivity contribution is 0.373. The van der Waals surface area contributed by atoms with Crippen LogP contribution in [0.1, 0.15) is 0 Å². The number of hydrogen-bond acceptors (Lipinski definition) is 2. The van der Waals surface area contributed by atoms with Crippen LogP contribution in [-0.4, -0.2) is 35.3 Å². The van der Waals surface area contributed by atoms with Gasteiger partial charge in [0, 0.05) is 6.54 Å². The van der Waals surface area contributed by atoms with Crippen molar-refractivity contribution >= 4 is 11.6 Å². The maximum atomic E-state index is 5.81. The molecule has 0 fully saturated rings. The molecule has 0 spiro atoms. The van der Waals surface area contributed by atoms with Crippen molar-refractivity contribution in [1.82, 2.24) is 14.7 Å². The van der Waals surface area contributed by atoms with Gasteiger partial charge in [0.15, 0.2) is 0 Å². The highest BCUT2D eigenvalue weighted by atomic mass is 35.5.